The quantitative estimate of drug-likeness (QED) is 0.688. The highest BCUT2D eigenvalue weighted by Crippen LogP contribution is 2.24. The third kappa shape index (κ3) is 4.47. The molecule has 2 heterocycles. The third-order valence-electron chi connectivity index (χ3n) is 3.83. The van der Waals surface area contributed by atoms with E-state index in [0.717, 1.165) is 25.9 Å². The third-order valence-corrected chi connectivity index (χ3v) is 5.75. The smallest absolute Gasteiger partial charge is 0.342 e. The summed E-state index contributed by atoms with van der Waals surface area (Å²) in [5.74, 6) is -0.679. The second-order valence-electron chi connectivity index (χ2n) is 5.43. The van der Waals surface area contributed by atoms with Gasteiger partial charge in [0.2, 0.25) is 0 Å². The number of nitrogens with one attached hydrogen (secondary N) is 2. The highest BCUT2D eigenvalue weighted by Gasteiger charge is 2.36. The second-order valence-corrected chi connectivity index (χ2v) is 7.26. The van der Waals surface area contributed by atoms with Crippen LogP contribution in [0.15, 0.2) is 11.2 Å². The van der Waals surface area contributed by atoms with Crippen LogP contribution in [-0.4, -0.2) is 61.2 Å². The molecular weight excluding hydrogens is 356 g/mol. The molecule has 1 aromatic rings. The fraction of sp³-hybridized carbons (Fsp3) is 0.714. The lowest BCUT2D eigenvalue weighted by atomic mass is 10.1. The van der Waals surface area contributed by atoms with Gasteiger partial charge in [0.15, 0.2) is 5.03 Å². The lowest BCUT2D eigenvalue weighted by Crippen LogP contribution is -2.46. The topological polar surface area (TPSA) is 104 Å². The number of carbonyl (C=O) groups is 1. The number of hydrogen-bond acceptors (Lipinski definition) is 6. The van der Waals surface area contributed by atoms with Crippen molar-refractivity contribution in [3.05, 3.63) is 11.8 Å². The van der Waals surface area contributed by atoms with Crippen molar-refractivity contribution in [2.75, 3.05) is 26.2 Å². The molecule has 0 radical (unpaired) electrons. The van der Waals surface area contributed by atoms with E-state index in [9.17, 15) is 13.2 Å². The number of aromatic nitrogens is 2. The van der Waals surface area contributed by atoms with E-state index in [0.29, 0.717) is 13.0 Å². The maximum Gasteiger partial charge on any atom is 0.342 e. The van der Waals surface area contributed by atoms with Crippen LogP contribution in [0.5, 0.6) is 0 Å². The molecule has 8 nitrogen and oxygen atoms in total. The molecule has 0 bridgehead atoms. The predicted molar refractivity (Wildman–Crippen MR) is 91.9 cm³/mol. The Balaban J connectivity index is 0.00000288. The molecule has 1 fully saturated rings. The van der Waals surface area contributed by atoms with Gasteiger partial charge in [-0.25, -0.2) is 13.2 Å². The second kappa shape index (κ2) is 9.36. The van der Waals surface area contributed by atoms with Gasteiger partial charge in [-0.3, -0.25) is 5.10 Å². The van der Waals surface area contributed by atoms with Crippen molar-refractivity contribution in [1.82, 2.24) is 19.8 Å². The molecule has 0 aromatic carbocycles. The van der Waals surface area contributed by atoms with Crippen LogP contribution in [0.1, 0.15) is 43.5 Å². The molecule has 0 spiro atoms. The lowest BCUT2D eigenvalue weighted by molar-refractivity contribution is 0.0521. The van der Waals surface area contributed by atoms with Gasteiger partial charge in [-0.15, -0.1) is 12.4 Å². The molecule has 0 unspecified atom stereocenters. The fourth-order valence-electron chi connectivity index (χ4n) is 2.76. The number of aromatic amines is 1. The van der Waals surface area contributed by atoms with Gasteiger partial charge in [0.1, 0.15) is 5.56 Å². The summed E-state index contributed by atoms with van der Waals surface area (Å²) in [7, 11) is -3.83. The highest BCUT2D eigenvalue weighted by molar-refractivity contribution is 7.89. The molecule has 10 heteroatoms. The predicted octanol–water partition coefficient (Wildman–Crippen LogP) is 1.16. The van der Waals surface area contributed by atoms with Crippen LogP contribution in [0.25, 0.3) is 0 Å². The minimum absolute atomic E-state index is 0. The van der Waals surface area contributed by atoms with E-state index in [1.807, 2.05) is 6.92 Å². The van der Waals surface area contributed by atoms with Crippen LogP contribution in [-0.2, 0) is 14.8 Å². The van der Waals surface area contributed by atoms with Gasteiger partial charge in [-0.05, 0) is 39.3 Å². The van der Waals surface area contributed by atoms with E-state index in [4.69, 9.17) is 4.74 Å². The van der Waals surface area contributed by atoms with Crippen molar-refractivity contribution in [3.63, 3.8) is 0 Å². The zero-order valence-electron chi connectivity index (χ0n) is 13.9. The average molecular weight is 381 g/mol. The Kier molecular flexibility index (Phi) is 8.14. The maximum absolute atomic E-state index is 13.0. The van der Waals surface area contributed by atoms with Gasteiger partial charge in [-0.2, -0.15) is 9.40 Å². The van der Waals surface area contributed by atoms with Gasteiger partial charge in [0.25, 0.3) is 10.0 Å². The number of H-pyrrole nitrogens is 1. The molecule has 1 saturated heterocycles. The standard InChI is InChI=1S/C14H24N4O4S.ClH/c1-3-9-18(11-5-7-15-8-6-11)23(20,21)13-12(10-16-17-13)14(19)22-4-2;/h10-11,15H,3-9H2,1-2H3,(H,16,17);1H. The van der Waals surface area contributed by atoms with Crippen molar-refractivity contribution in [3.8, 4) is 0 Å². The van der Waals surface area contributed by atoms with Crippen molar-refractivity contribution in [1.29, 1.82) is 0 Å². The summed E-state index contributed by atoms with van der Waals surface area (Å²) in [5.41, 5.74) is -0.0399. The zero-order valence-corrected chi connectivity index (χ0v) is 15.6. The van der Waals surface area contributed by atoms with Gasteiger partial charge >= 0.3 is 5.97 Å². The number of carbonyl (C=O) groups excluding carboxylic acids is 1. The number of esters is 1. The first-order chi connectivity index (χ1) is 11.0. The largest absolute Gasteiger partial charge is 0.462 e. The molecule has 2 rings (SSSR count). The van der Waals surface area contributed by atoms with Gasteiger partial charge in [-0.1, -0.05) is 6.92 Å². The van der Waals surface area contributed by atoms with E-state index < -0.39 is 16.0 Å². The summed E-state index contributed by atoms with van der Waals surface area (Å²) in [6.07, 6.45) is 3.41. The summed E-state index contributed by atoms with van der Waals surface area (Å²) >= 11 is 0. The fourth-order valence-corrected chi connectivity index (χ4v) is 4.60. The number of nitrogens with zero attached hydrogens (tertiary/aromatic N) is 2. The first-order valence-corrected chi connectivity index (χ1v) is 9.39. The first-order valence-electron chi connectivity index (χ1n) is 7.95. The summed E-state index contributed by atoms with van der Waals surface area (Å²) in [4.78, 5) is 12.0. The first kappa shape index (κ1) is 20.9. The number of halogens is 1. The number of piperidine rings is 1. The molecule has 0 atom stereocenters. The summed E-state index contributed by atoms with van der Waals surface area (Å²) in [5, 5.41) is 9.25. The molecular formula is C14H25ClN4O4S. The maximum atomic E-state index is 13.0. The molecule has 24 heavy (non-hydrogen) atoms. The van der Waals surface area contributed by atoms with E-state index in [-0.39, 0.29) is 35.6 Å². The van der Waals surface area contributed by atoms with Crippen LogP contribution in [0.3, 0.4) is 0 Å². The minimum atomic E-state index is -3.83. The number of rotatable bonds is 7. The molecule has 0 aliphatic carbocycles. The summed E-state index contributed by atoms with van der Waals surface area (Å²) < 4.78 is 32.5. The molecule has 1 aromatic heterocycles. The zero-order chi connectivity index (χ0) is 16.9. The van der Waals surface area contributed by atoms with Gasteiger partial charge < -0.3 is 10.1 Å². The van der Waals surface area contributed by atoms with E-state index in [1.165, 1.54) is 10.5 Å². The van der Waals surface area contributed by atoms with Crippen LogP contribution in [0.4, 0.5) is 0 Å². The van der Waals surface area contributed by atoms with E-state index in [2.05, 4.69) is 15.5 Å². The van der Waals surface area contributed by atoms with Crippen molar-refractivity contribution in [2.24, 2.45) is 0 Å². The molecule has 0 amide bonds. The number of sulfonamides is 1. The normalized spacial score (nSPS) is 16.0. The monoisotopic (exact) mass is 380 g/mol. The van der Waals surface area contributed by atoms with Crippen molar-refractivity contribution in [2.45, 2.75) is 44.2 Å². The van der Waals surface area contributed by atoms with Crippen LogP contribution in [0, 0.1) is 0 Å². The summed E-state index contributed by atoms with van der Waals surface area (Å²) in [6.45, 7) is 5.76. The minimum Gasteiger partial charge on any atom is -0.462 e. The van der Waals surface area contributed by atoms with Crippen LogP contribution < -0.4 is 5.32 Å². The summed E-state index contributed by atoms with van der Waals surface area (Å²) in [6, 6.07) is -0.0699. The molecule has 2 N–H and O–H groups in total. The Morgan fingerprint density at radius 3 is 2.62 bits per heavy atom. The van der Waals surface area contributed by atoms with Gasteiger partial charge in [0.05, 0.1) is 12.8 Å². The number of hydrogen-bond donors (Lipinski definition) is 2. The van der Waals surface area contributed by atoms with E-state index in [1.54, 1.807) is 6.92 Å². The van der Waals surface area contributed by atoms with Crippen molar-refractivity contribution >= 4 is 28.4 Å². The molecule has 0 saturated carbocycles. The molecule has 1 aliphatic heterocycles. The Bertz CT molecular complexity index is 628. The van der Waals surface area contributed by atoms with Gasteiger partial charge in [0, 0.05) is 12.6 Å². The molecule has 138 valence electrons. The molecule has 1 aliphatic rings. The van der Waals surface area contributed by atoms with Crippen molar-refractivity contribution < 1.29 is 17.9 Å². The Hall–Kier alpha value is -1.16. The highest BCUT2D eigenvalue weighted by atomic mass is 35.5. The number of ether oxygens (including phenoxy) is 1. The SMILES string of the molecule is CCCN(C1CCNCC1)S(=O)(=O)c1[nH]ncc1C(=O)OCC.Cl. The van der Waals surface area contributed by atoms with Crippen LogP contribution >= 0.6 is 12.4 Å². The lowest BCUT2D eigenvalue weighted by Gasteiger charge is -2.33. The Morgan fingerprint density at radius 1 is 1.38 bits per heavy atom. The van der Waals surface area contributed by atoms with Crippen LogP contribution in [0.2, 0.25) is 0 Å². The van der Waals surface area contributed by atoms with E-state index >= 15 is 0 Å². The average Bonchev–Trinajstić information content (AvgIpc) is 3.04. The Morgan fingerprint density at radius 2 is 2.04 bits per heavy atom. The Labute approximate surface area is 148 Å².